The Morgan fingerprint density at radius 3 is 2.57 bits per heavy atom. The molecule has 0 radical (unpaired) electrons. The highest BCUT2D eigenvalue weighted by molar-refractivity contribution is 6.31. The maximum Gasteiger partial charge on any atom is 0.258 e. The molecule has 1 N–H and O–H groups in total. The fourth-order valence-corrected chi connectivity index (χ4v) is 2.29. The first-order valence-electron chi connectivity index (χ1n) is 7.60. The van der Waals surface area contributed by atoms with Crippen molar-refractivity contribution in [3.05, 3.63) is 64.7 Å². The predicted molar refractivity (Wildman–Crippen MR) is 93.9 cm³/mol. The largest absolute Gasteiger partial charge is 0.484 e. The quantitative estimate of drug-likeness (QED) is 0.885. The average Bonchev–Trinajstić information content (AvgIpc) is 2.51. The number of carbonyl (C=O) groups is 1. The van der Waals surface area contributed by atoms with E-state index in [2.05, 4.69) is 32.2 Å². The van der Waals surface area contributed by atoms with Gasteiger partial charge in [-0.05, 0) is 34.7 Å². The normalized spacial score (nSPS) is 11.1. The molecule has 3 nitrogen and oxygen atoms in total. The molecule has 0 bridgehead atoms. The summed E-state index contributed by atoms with van der Waals surface area (Å²) < 4.78 is 5.58. The van der Waals surface area contributed by atoms with Crippen molar-refractivity contribution in [3.63, 3.8) is 0 Å². The van der Waals surface area contributed by atoms with Crippen molar-refractivity contribution in [1.82, 2.24) is 5.32 Å². The molecule has 1 amide bonds. The molecule has 0 saturated carbocycles. The zero-order chi connectivity index (χ0) is 16.9. The van der Waals surface area contributed by atoms with Gasteiger partial charge in [-0.3, -0.25) is 4.79 Å². The smallest absolute Gasteiger partial charge is 0.258 e. The molecule has 2 aromatic carbocycles. The molecule has 0 aliphatic rings. The van der Waals surface area contributed by atoms with Gasteiger partial charge in [-0.2, -0.15) is 0 Å². The second-order valence-corrected chi connectivity index (χ2v) is 6.84. The summed E-state index contributed by atoms with van der Waals surface area (Å²) in [6.45, 7) is 6.80. The first-order valence-corrected chi connectivity index (χ1v) is 7.97. The van der Waals surface area contributed by atoms with Crippen LogP contribution < -0.4 is 10.1 Å². The fraction of sp³-hybridized carbons (Fsp3) is 0.316. The molecule has 2 aromatic rings. The number of hydrogen-bond acceptors (Lipinski definition) is 2. The third-order valence-electron chi connectivity index (χ3n) is 3.50. The maximum atomic E-state index is 11.9. The van der Waals surface area contributed by atoms with Crippen LogP contribution in [0.15, 0.2) is 48.5 Å². The first-order chi connectivity index (χ1) is 10.9. The number of ether oxygens (including phenoxy) is 1. The zero-order valence-electron chi connectivity index (χ0n) is 13.7. The summed E-state index contributed by atoms with van der Waals surface area (Å²) in [5.41, 5.74) is 2.11. The Labute approximate surface area is 142 Å². The molecule has 0 aliphatic carbocycles. The topological polar surface area (TPSA) is 38.3 Å². The average molecular weight is 332 g/mol. The summed E-state index contributed by atoms with van der Waals surface area (Å²) >= 11 is 6.06. The molecular weight excluding hydrogens is 310 g/mol. The summed E-state index contributed by atoms with van der Waals surface area (Å²) in [5.74, 6) is 0.524. The Morgan fingerprint density at radius 2 is 1.87 bits per heavy atom. The summed E-state index contributed by atoms with van der Waals surface area (Å²) in [6.07, 6.45) is 0. The number of nitrogens with one attached hydrogen (secondary N) is 1. The molecule has 0 aromatic heterocycles. The molecule has 0 atom stereocenters. The van der Waals surface area contributed by atoms with E-state index in [0.717, 1.165) is 5.56 Å². The Hall–Kier alpha value is -2.00. The molecule has 23 heavy (non-hydrogen) atoms. The zero-order valence-corrected chi connectivity index (χ0v) is 14.5. The molecule has 0 fully saturated rings. The number of halogens is 1. The molecule has 0 spiro atoms. The van der Waals surface area contributed by atoms with Gasteiger partial charge >= 0.3 is 0 Å². The number of amides is 1. The van der Waals surface area contributed by atoms with Gasteiger partial charge in [-0.1, -0.05) is 62.7 Å². The van der Waals surface area contributed by atoms with Crippen LogP contribution >= 0.6 is 11.6 Å². The van der Waals surface area contributed by atoms with Crippen molar-refractivity contribution in [3.8, 4) is 5.75 Å². The van der Waals surface area contributed by atoms with Crippen molar-refractivity contribution >= 4 is 17.5 Å². The van der Waals surface area contributed by atoms with Crippen molar-refractivity contribution in [2.24, 2.45) is 0 Å². The Balaban J connectivity index is 1.86. The lowest BCUT2D eigenvalue weighted by Gasteiger charge is -2.19. The molecule has 0 aliphatic heterocycles. The van der Waals surface area contributed by atoms with Crippen LogP contribution in [0.5, 0.6) is 5.75 Å². The number of rotatable bonds is 5. The molecule has 0 heterocycles. The minimum absolute atomic E-state index is 0.0158. The van der Waals surface area contributed by atoms with Crippen LogP contribution in [0.25, 0.3) is 0 Å². The van der Waals surface area contributed by atoms with E-state index < -0.39 is 0 Å². The van der Waals surface area contributed by atoms with Crippen molar-refractivity contribution in [2.75, 3.05) is 6.61 Å². The van der Waals surface area contributed by atoms with Crippen LogP contribution in [0.2, 0.25) is 5.02 Å². The Morgan fingerprint density at radius 1 is 1.13 bits per heavy atom. The lowest BCUT2D eigenvalue weighted by atomic mass is 9.87. The molecule has 0 unspecified atom stereocenters. The Kier molecular flexibility index (Phi) is 5.67. The summed E-state index contributed by atoms with van der Waals surface area (Å²) in [7, 11) is 0. The van der Waals surface area contributed by atoms with E-state index in [-0.39, 0.29) is 17.9 Å². The third kappa shape index (κ3) is 5.29. The summed E-state index contributed by atoms with van der Waals surface area (Å²) in [5, 5.41) is 3.45. The third-order valence-corrected chi connectivity index (χ3v) is 3.87. The van der Waals surface area contributed by atoms with E-state index in [1.54, 1.807) is 6.07 Å². The minimum Gasteiger partial charge on any atom is -0.484 e. The minimum atomic E-state index is -0.175. The van der Waals surface area contributed by atoms with Crippen LogP contribution in [0.1, 0.15) is 31.9 Å². The standard InChI is InChI=1S/C19H22ClNO2/c1-19(2,3)15-8-6-9-16(11-15)23-13-18(22)21-12-14-7-4-5-10-17(14)20/h4-11H,12-13H2,1-3H3,(H,21,22). The monoisotopic (exact) mass is 331 g/mol. The molecular formula is C19H22ClNO2. The second kappa shape index (κ2) is 7.51. The van der Waals surface area contributed by atoms with Gasteiger partial charge in [0.25, 0.3) is 5.91 Å². The fourth-order valence-electron chi connectivity index (χ4n) is 2.09. The molecule has 4 heteroatoms. The van der Waals surface area contributed by atoms with E-state index in [1.807, 2.05) is 36.4 Å². The van der Waals surface area contributed by atoms with E-state index in [0.29, 0.717) is 17.3 Å². The highest BCUT2D eigenvalue weighted by Gasteiger charge is 2.14. The van der Waals surface area contributed by atoms with Gasteiger partial charge in [0.2, 0.25) is 0 Å². The second-order valence-electron chi connectivity index (χ2n) is 6.43. The number of benzene rings is 2. The highest BCUT2D eigenvalue weighted by Crippen LogP contribution is 2.25. The van der Waals surface area contributed by atoms with Crippen LogP contribution in [0, 0.1) is 0 Å². The molecule has 2 rings (SSSR count). The lowest BCUT2D eigenvalue weighted by Crippen LogP contribution is -2.28. The van der Waals surface area contributed by atoms with E-state index in [1.165, 1.54) is 5.56 Å². The number of carbonyl (C=O) groups excluding carboxylic acids is 1. The molecule has 122 valence electrons. The van der Waals surface area contributed by atoms with Crippen LogP contribution in [0.4, 0.5) is 0 Å². The first kappa shape index (κ1) is 17.4. The maximum absolute atomic E-state index is 11.9. The Bertz CT molecular complexity index is 677. The lowest BCUT2D eigenvalue weighted by molar-refractivity contribution is -0.123. The van der Waals surface area contributed by atoms with Crippen molar-refractivity contribution in [1.29, 1.82) is 0 Å². The highest BCUT2D eigenvalue weighted by atomic mass is 35.5. The van der Waals surface area contributed by atoms with Gasteiger partial charge in [-0.25, -0.2) is 0 Å². The van der Waals surface area contributed by atoms with E-state index in [9.17, 15) is 4.79 Å². The number of hydrogen-bond donors (Lipinski definition) is 1. The van der Waals surface area contributed by atoms with Crippen molar-refractivity contribution in [2.45, 2.75) is 32.7 Å². The summed E-state index contributed by atoms with van der Waals surface area (Å²) in [4.78, 5) is 11.9. The van der Waals surface area contributed by atoms with Gasteiger partial charge in [0.15, 0.2) is 6.61 Å². The van der Waals surface area contributed by atoms with E-state index in [4.69, 9.17) is 16.3 Å². The van der Waals surface area contributed by atoms with Gasteiger partial charge < -0.3 is 10.1 Å². The molecule has 0 saturated heterocycles. The SMILES string of the molecule is CC(C)(C)c1cccc(OCC(=O)NCc2ccccc2Cl)c1. The van der Waals surface area contributed by atoms with Crippen molar-refractivity contribution < 1.29 is 9.53 Å². The van der Waals surface area contributed by atoms with Crippen LogP contribution in [0.3, 0.4) is 0 Å². The van der Waals surface area contributed by atoms with Crippen LogP contribution in [-0.2, 0) is 16.8 Å². The van der Waals surface area contributed by atoms with Gasteiger partial charge in [0, 0.05) is 11.6 Å². The van der Waals surface area contributed by atoms with Gasteiger partial charge in [0.1, 0.15) is 5.75 Å². The summed E-state index contributed by atoms with van der Waals surface area (Å²) in [6, 6.07) is 15.3. The van der Waals surface area contributed by atoms with Gasteiger partial charge in [0.05, 0.1) is 0 Å². The predicted octanol–water partition coefficient (Wildman–Crippen LogP) is 4.33. The van der Waals surface area contributed by atoms with Crippen LogP contribution in [-0.4, -0.2) is 12.5 Å². The van der Waals surface area contributed by atoms with E-state index >= 15 is 0 Å². The van der Waals surface area contributed by atoms with Gasteiger partial charge in [-0.15, -0.1) is 0 Å².